The Morgan fingerprint density at radius 3 is 1.83 bits per heavy atom. The van der Waals surface area contributed by atoms with E-state index in [0.29, 0.717) is 5.56 Å². The minimum Gasteiger partial charge on any atom is -0.508 e. The summed E-state index contributed by atoms with van der Waals surface area (Å²) >= 11 is 0. The van der Waals surface area contributed by atoms with Gasteiger partial charge in [0.2, 0.25) is 12.6 Å². The van der Waals surface area contributed by atoms with Crippen molar-refractivity contribution in [1.82, 2.24) is 0 Å². The molecule has 0 bridgehead atoms. The van der Waals surface area contributed by atoms with E-state index in [2.05, 4.69) is 0 Å². The van der Waals surface area contributed by atoms with Crippen molar-refractivity contribution in [2.45, 2.75) is 73.9 Å². The highest BCUT2D eigenvalue weighted by Gasteiger charge is 2.47. The summed E-state index contributed by atoms with van der Waals surface area (Å²) in [6.45, 7) is -1.42. The fraction of sp³-hybridized carbons (Fsp3) is 0.519. The third-order valence-electron chi connectivity index (χ3n) is 7.42. The molecule has 15 heteroatoms. The summed E-state index contributed by atoms with van der Waals surface area (Å²) in [7, 11) is 0. The fourth-order valence-electron chi connectivity index (χ4n) is 5.02. The largest absolute Gasteiger partial charge is 0.508 e. The van der Waals surface area contributed by atoms with E-state index in [1.165, 1.54) is 24.3 Å². The Labute approximate surface area is 238 Å². The normalized spacial score (nSPS) is 36.6. The van der Waals surface area contributed by atoms with Crippen LogP contribution in [0.15, 0.2) is 36.4 Å². The molecule has 3 aliphatic rings. The predicted octanol–water partition coefficient (Wildman–Crippen LogP) is -2.54. The van der Waals surface area contributed by atoms with Crippen molar-refractivity contribution in [2.24, 2.45) is 0 Å². The van der Waals surface area contributed by atoms with Gasteiger partial charge in [0, 0.05) is 12.1 Å². The van der Waals surface area contributed by atoms with Crippen LogP contribution in [-0.2, 0) is 9.47 Å². The molecule has 0 aromatic heterocycles. The average molecular weight is 597 g/mol. The van der Waals surface area contributed by atoms with Crippen LogP contribution < -0.4 is 14.2 Å². The smallest absolute Gasteiger partial charge is 0.229 e. The van der Waals surface area contributed by atoms with Gasteiger partial charge in [0.15, 0.2) is 5.78 Å². The van der Waals surface area contributed by atoms with Crippen molar-refractivity contribution in [3.63, 3.8) is 0 Å². The van der Waals surface area contributed by atoms with E-state index in [4.69, 9.17) is 23.7 Å². The molecular weight excluding hydrogens is 564 g/mol. The number of rotatable bonds is 7. The van der Waals surface area contributed by atoms with Crippen LogP contribution >= 0.6 is 0 Å². The number of hydrogen-bond acceptors (Lipinski definition) is 15. The lowest BCUT2D eigenvalue weighted by Gasteiger charge is -2.40. The number of phenolic OH excluding ortho intramolecular Hbond substituents is 1. The third kappa shape index (κ3) is 5.76. The van der Waals surface area contributed by atoms with Gasteiger partial charge >= 0.3 is 0 Å². The van der Waals surface area contributed by atoms with Gasteiger partial charge < -0.3 is 69.6 Å². The highest BCUT2D eigenvalue weighted by atomic mass is 16.7. The van der Waals surface area contributed by atoms with Gasteiger partial charge in [0.05, 0.1) is 19.6 Å². The van der Waals surface area contributed by atoms with Gasteiger partial charge in [-0.05, 0) is 17.7 Å². The fourth-order valence-corrected chi connectivity index (χ4v) is 5.02. The molecule has 2 aromatic carbocycles. The number of fused-ring (bicyclic) bond motifs is 1. The lowest BCUT2D eigenvalue weighted by atomic mass is 9.95. The van der Waals surface area contributed by atoms with Crippen LogP contribution in [0.1, 0.15) is 28.4 Å². The highest BCUT2D eigenvalue weighted by molar-refractivity contribution is 6.03. The van der Waals surface area contributed by atoms with Gasteiger partial charge in [0.25, 0.3) is 0 Å². The van der Waals surface area contributed by atoms with Crippen molar-refractivity contribution in [3.05, 3.63) is 47.5 Å². The van der Waals surface area contributed by atoms with Crippen LogP contribution in [-0.4, -0.2) is 126 Å². The molecule has 0 saturated carbocycles. The zero-order valence-corrected chi connectivity index (χ0v) is 21.9. The second kappa shape index (κ2) is 12.3. The Hall–Kier alpha value is -3.09. The van der Waals surface area contributed by atoms with Gasteiger partial charge in [-0.3, -0.25) is 4.79 Å². The standard InChI is InChI=1S/C27H32O15/c28-8-17-20(32)22(34)24(36)26(41-17)38-12-5-15-19(13(31)7-14(39-15)10-1-3-11(30)4-2-10)16(6-12)40-27-25(37)23(35)21(33)18(9-29)42-27/h1-6,14,17-18,20-30,32-37H,7-9H2/t14-,17+,18+,20+,21+,22-,23-,24+,25+,26+,27+/m0/s1. The Morgan fingerprint density at radius 1 is 0.738 bits per heavy atom. The van der Waals surface area contributed by atoms with Crippen LogP contribution in [0.5, 0.6) is 23.0 Å². The number of phenols is 1. The van der Waals surface area contributed by atoms with Crippen LogP contribution in [0.2, 0.25) is 0 Å². The molecule has 15 nitrogen and oxygen atoms in total. The molecule has 0 amide bonds. The molecule has 0 aliphatic carbocycles. The van der Waals surface area contributed by atoms with Gasteiger partial charge in [0.1, 0.15) is 83.5 Å². The van der Waals surface area contributed by atoms with Gasteiger partial charge in [-0.15, -0.1) is 0 Å². The number of ketones is 1. The summed E-state index contributed by atoms with van der Waals surface area (Å²) in [5.41, 5.74) is 0.464. The number of Topliss-reactive ketones (excluding diaryl/α,β-unsaturated/α-hetero) is 1. The van der Waals surface area contributed by atoms with Crippen LogP contribution in [0.3, 0.4) is 0 Å². The average Bonchev–Trinajstić information content (AvgIpc) is 2.97. The summed E-state index contributed by atoms with van der Waals surface area (Å²) in [5, 5.41) is 90.2. The molecule has 5 rings (SSSR count). The lowest BCUT2D eigenvalue weighted by molar-refractivity contribution is -0.278. The van der Waals surface area contributed by atoms with Gasteiger partial charge in [-0.2, -0.15) is 0 Å². The molecule has 3 heterocycles. The molecule has 2 fully saturated rings. The first-order valence-corrected chi connectivity index (χ1v) is 13.1. The summed E-state index contributed by atoms with van der Waals surface area (Å²) in [6.07, 6.45) is -17.2. The molecule has 0 spiro atoms. The van der Waals surface area contributed by atoms with E-state index >= 15 is 0 Å². The molecular formula is C27H32O15. The number of aliphatic hydroxyl groups is 8. The Bertz CT molecular complexity index is 1250. The van der Waals surface area contributed by atoms with E-state index in [1.807, 2.05) is 0 Å². The first-order chi connectivity index (χ1) is 20.0. The predicted molar refractivity (Wildman–Crippen MR) is 136 cm³/mol. The van der Waals surface area contributed by atoms with Gasteiger partial charge in [-0.1, -0.05) is 12.1 Å². The summed E-state index contributed by atoms with van der Waals surface area (Å²) in [5.74, 6) is -0.923. The number of carbonyl (C=O) groups excluding carboxylic acids is 1. The van der Waals surface area contributed by atoms with E-state index < -0.39 is 86.5 Å². The molecule has 3 aliphatic heterocycles. The maximum Gasteiger partial charge on any atom is 0.229 e. The Kier molecular flexibility index (Phi) is 8.86. The van der Waals surface area contributed by atoms with E-state index in [1.54, 1.807) is 12.1 Å². The molecule has 11 atom stereocenters. The number of hydrogen-bond donors (Lipinski definition) is 9. The molecule has 2 saturated heterocycles. The lowest BCUT2D eigenvalue weighted by Crippen LogP contribution is -2.60. The number of aromatic hydroxyl groups is 1. The molecule has 0 radical (unpaired) electrons. The third-order valence-corrected chi connectivity index (χ3v) is 7.42. The number of benzene rings is 2. The molecule has 42 heavy (non-hydrogen) atoms. The highest BCUT2D eigenvalue weighted by Crippen LogP contribution is 2.44. The zero-order chi connectivity index (χ0) is 30.3. The van der Waals surface area contributed by atoms with Crippen molar-refractivity contribution < 1.29 is 74.4 Å². The second-order valence-electron chi connectivity index (χ2n) is 10.3. The van der Waals surface area contributed by atoms with Gasteiger partial charge in [-0.25, -0.2) is 0 Å². The summed E-state index contributed by atoms with van der Waals surface area (Å²) < 4.78 is 28.4. The second-order valence-corrected chi connectivity index (χ2v) is 10.3. The molecule has 0 unspecified atom stereocenters. The minimum atomic E-state index is -1.81. The molecule has 230 valence electrons. The van der Waals surface area contributed by atoms with E-state index in [9.17, 15) is 50.8 Å². The summed E-state index contributed by atoms with van der Waals surface area (Å²) in [4.78, 5) is 13.4. The quantitative estimate of drug-likeness (QED) is 0.160. The van der Waals surface area contributed by atoms with Crippen LogP contribution in [0, 0.1) is 0 Å². The van der Waals surface area contributed by atoms with E-state index in [-0.39, 0.29) is 35.0 Å². The van der Waals surface area contributed by atoms with Crippen molar-refractivity contribution in [1.29, 1.82) is 0 Å². The first kappa shape index (κ1) is 30.4. The van der Waals surface area contributed by atoms with E-state index in [0.717, 1.165) is 0 Å². The summed E-state index contributed by atoms with van der Waals surface area (Å²) in [6, 6.07) is 8.43. The number of carbonyl (C=O) groups is 1. The zero-order valence-electron chi connectivity index (χ0n) is 21.9. The topological polar surface area (TPSA) is 245 Å². The minimum absolute atomic E-state index is 0.00622. The van der Waals surface area contributed by atoms with Crippen LogP contribution in [0.4, 0.5) is 0 Å². The maximum atomic E-state index is 13.4. The molecule has 2 aromatic rings. The van der Waals surface area contributed by atoms with Crippen LogP contribution in [0.25, 0.3) is 0 Å². The Morgan fingerprint density at radius 2 is 1.29 bits per heavy atom. The monoisotopic (exact) mass is 596 g/mol. The molecule has 9 N–H and O–H groups in total. The maximum absolute atomic E-state index is 13.4. The number of ether oxygens (including phenoxy) is 5. The SMILES string of the molecule is O=C1C[C@@H](c2ccc(O)cc2)Oc2cc(O[C@@H]3O[C@H](CO)[C@@H](O)[C@H](O)[C@H]3O)cc(O[C@@H]3O[C@H](CO)[C@@H](O)[C@H](O)[C@H]3O)c21. The van der Waals surface area contributed by atoms with Crippen molar-refractivity contribution in [2.75, 3.05) is 13.2 Å². The van der Waals surface area contributed by atoms with Crippen molar-refractivity contribution >= 4 is 5.78 Å². The van der Waals surface area contributed by atoms with Crippen molar-refractivity contribution in [3.8, 4) is 23.0 Å². The first-order valence-electron chi connectivity index (χ1n) is 13.1. The number of aliphatic hydroxyl groups excluding tert-OH is 8. The Balaban J connectivity index is 1.50.